The molecule has 0 saturated heterocycles. The van der Waals surface area contributed by atoms with E-state index in [0.29, 0.717) is 11.3 Å². The first-order chi connectivity index (χ1) is 16.3. The van der Waals surface area contributed by atoms with Gasteiger partial charge in [-0.2, -0.15) is 0 Å². The highest BCUT2D eigenvalue weighted by molar-refractivity contribution is 7.92. The summed E-state index contributed by atoms with van der Waals surface area (Å²) in [5.41, 5.74) is 2.34. The number of rotatable bonds is 8. The van der Waals surface area contributed by atoms with Gasteiger partial charge in [-0.1, -0.05) is 24.3 Å². The number of nitrogens with one attached hydrogen (secondary N) is 1. The van der Waals surface area contributed by atoms with Crippen molar-refractivity contribution in [2.75, 3.05) is 11.3 Å². The summed E-state index contributed by atoms with van der Waals surface area (Å²) >= 11 is 1.46. The minimum atomic E-state index is -3.81. The number of carbonyl (C=O) groups excluding carboxylic acids is 2. The Morgan fingerprint density at radius 1 is 1.06 bits per heavy atom. The van der Waals surface area contributed by atoms with Crippen LogP contribution in [0.15, 0.2) is 77.1 Å². The van der Waals surface area contributed by atoms with Gasteiger partial charge >= 0.3 is 5.97 Å². The highest BCUT2D eigenvalue weighted by Gasteiger charge is 2.20. The standard InChI is InChI=1S/C24H21N3O5S2/c1-16-13-21(17(2)27(16)24-25-11-12-33-24)22(28)15-32-23(29)18-7-6-8-19(14-18)26-34(30,31)20-9-4-3-5-10-20/h3-14,26H,15H2,1-2H3. The summed E-state index contributed by atoms with van der Waals surface area (Å²) in [6, 6.07) is 15.5. The van der Waals surface area contributed by atoms with Crippen molar-refractivity contribution in [1.82, 2.24) is 9.55 Å². The van der Waals surface area contributed by atoms with Crippen molar-refractivity contribution in [3.63, 3.8) is 0 Å². The van der Waals surface area contributed by atoms with Gasteiger partial charge in [-0.3, -0.25) is 14.1 Å². The molecule has 174 valence electrons. The zero-order valence-corrected chi connectivity index (χ0v) is 20.0. The average Bonchev–Trinajstić information content (AvgIpc) is 3.45. The molecule has 0 aliphatic rings. The number of esters is 1. The van der Waals surface area contributed by atoms with Gasteiger partial charge in [0, 0.05) is 34.2 Å². The second-order valence-electron chi connectivity index (χ2n) is 7.43. The molecular formula is C24H21N3O5S2. The average molecular weight is 496 g/mol. The predicted octanol–water partition coefficient (Wildman–Crippen LogP) is 4.39. The number of thiazole rings is 1. The molecule has 0 amide bonds. The summed E-state index contributed by atoms with van der Waals surface area (Å²) in [6.45, 7) is 3.24. The molecule has 0 atom stereocenters. The van der Waals surface area contributed by atoms with Crippen LogP contribution in [0.5, 0.6) is 0 Å². The quantitative estimate of drug-likeness (QED) is 0.287. The maximum atomic E-state index is 12.7. The predicted molar refractivity (Wildman–Crippen MR) is 129 cm³/mol. The second kappa shape index (κ2) is 9.62. The highest BCUT2D eigenvalue weighted by atomic mass is 32.2. The number of ether oxygens (including phenoxy) is 1. The summed E-state index contributed by atoms with van der Waals surface area (Å²) < 4.78 is 34.6. The Labute approximate surface area is 200 Å². The van der Waals surface area contributed by atoms with Gasteiger partial charge in [-0.05, 0) is 50.2 Å². The third kappa shape index (κ3) is 4.92. The van der Waals surface area contributed by atoms with E-state index in [0.717, 1.165) is 10.8 Å². The number of sulfonamides is 1. The summed E-state index contributed by atoms with van der Waals surface area (Å²) in [4.78, 5) is 29.7. The van der Waals surface area contributed by atoms with E-state index in [2.05, 4.69) is 9.71 Å². The van der Waals surface area contributed by atoms with E-state index in [1.54, 1.807) is 30.5 Å². The van der Waals surface area contributed by atoms with Crippen LogP contribution in [0.3, 0.4) is 0 Å². The SMILES string of the molecule is Cc1cc(C(=O)COC(=O)c2cccc(NS(=O)(=O)c3ccccc3)c2)c(C)n1-c1nccs1. The Balaban J connectivity index is 1.44. The molecule has 2 aromatic carbocycles. The van der Waals surface area contributed by atoms with Crippen LogP contribution in [-0.4, -0.2) is 36.3 Å². The topological polar surface area (TPSA) is 107 Å². The zero-order valence-electron chi connectivity index (χ0n) is 18.4. The summed E-state index contributed by atoms with van der Waals surface area (Å²) in [7, 11) is -3.81. The molecule has 2 aromatic heterocycles. The normalized spacial score (nSPS) is 11.2. The van der Waals surface area contributed by atoms with Crippen LogP contribution in [0.25, 0.3) is 5.13 Å². The molecule has 8 nitrogen and oxygen atoms in total. The molecule has 0 radical (unpaired) electrons. The number of aryl methyl sites for hydroxylation is 1. The first-order valence-electron chi connectivity index (χ1n) is 10.2. The second-order valence-corrected chi connectivity index (χ2v) is 9.99. The smallest absolute Gasteiger partial charge is 0.338 e. The number of carbonyl (C=O) groups is 2. The highest BCUT2D eigenvalue weighted by Crippen LogP contribution is 2.23. The van der Waals surface area contributed by atoms with Crippen LogP contribution in [0, 0.1) is 13.8 Å². The molecule has 0 saturated carbocycles. The fourth-order valence-electron chi connectivity index (χ4n) is 3.48. The number of hydrogen-bond acceptors (Lipinski definition) is 7. The van der Waals surface area contributed by atoms with Gasteiger partial charge < -0.3 is 4.74 Å². The zero-order chi connectivity index (χ0) is 24.3. The van der Waals surface area contributed by atoms with E-state index >= 15 is 0 Å². The molecule has 0 unspecified atom stereocenters. The lowest BCUT2D eigenvalue weighted by molar-refractivity contribution is 0.0474. The van der Waals surface area contributed by atoms with Gasteiger partial charge in [0.1, 0.15) is 0 Å². The Kier molecular flexibility index (Phi) is 6.62. The van der Waals surface area contributed by atoms with Crippen molar-refractivity contribution >= 4 is 38.8 Å². The maximum Gasteiger partial charge on any atom is 0.338 e. The van der Waals surface area contributed by atoms with Crippen LogP contribution in [0.2, 0.25) is 0 Å². The lowest BCUT2D eigenvalue weighted by Crippen LogP contribution is -2.16. The van der Waals surface area contributed by atoms with Crippen molar-refractivity contribution in [1.29, 1.82) is 0 Å². The fourth-order valence-corrected chi connectivity index (χ4v) is 5.30. The molecule has 10 heteroatoms. The Morgan fingerprint density at radius 3 is 2.53 bits per heavy atom. The van der Waals surface area contributed by atoms with Crippen LogP contribution in [-0.2, 0) is 14.8 Å². The van der Waals surface area contributed by atoms with Crippen LogP contribution < -0.4 is 4.72 Å². The molecule has 2 heterocycles. The summed E-state index contributed by atoms with van der Waals surface area (Å²) in [6.07, 6.45) is 1.69. The monoisotopic (exact) mass is 495 g/mol. The summed E-state index contributed by atoms with van der Waals surface area (Å²) in [5.74, 6) is -1.08. The number of anilines is 1. The first kappa shape index (κ1) is 23.4. The van der Waals surface area contributed by atoms with Gasteiger partial charge in [-0.15, -0.1) is 11.3 Å². The molecule has 0 bridgehead atoms. The van der Waals surface area contributed by atoms with Crippen molar-refractivity contribution < 1.29 is 22.7 Å². The van der Waals surface area contributed by atoms with Crippen molar-refractivity contribution in [3.8, 4) is 5.13 Å². The number of ketones is 1. The molecule has 0 fully saturated rings. The third-order valence-electron chi connectivity index (χ3n) is 5.08. The summed E-state index contributed by atoms with van der Waals surface area (Å²) in [5, 5.41) is 2.60. The Hall–Kier alpha value is -3.76. The molecule has 1 N–H and O–H groups in total. The number of aromatic nitrogens is 2. The van der Waals surface area contributed by atoms with Gasteiger partial charge in [0.15, 0.2) is 11.7 Å². The lowest BCUT2D eigenvalue weighted by atomic mass is 10.1. The van der Waals surface area contributed by atoms with Crippen molar-refractivity contribution in [2.24, 2.45) is 0 Å². The molecule has 4 aromatic rings. The maximum absolute atomic E-state index is 12.7. The minimum Gasteiger partial charge on any atom is -0.454 e. The molecular weight excluding hydrogens is 474 g/mol. The van der Waals surface area contributed by atoms with E-state index in [1.165, 1.54) is 47.7 Å². The van der Waals surface area contributed by atoms with Crippen molar-refractivity contribution in [2.45, 2.75) is 18.7 Å². The molecule has 0 spiro atoms. The number of Topliss-reactive ketones (excluding diaryl/α,β-unsaturated/α-hetero) is 1. The van der Waals surface area contributed by atoms with Gasteiger partial charge in [0.2, 0.25) is 5.78 Å². The Morgan fingerprint density at radius 2 is 1.82 bits per heavy atom. The van der Waals surface area contributed by atoms with E-state index in [-0.39, 0.29) is 21.9 Å². The van der Waals surface area contributed by atoms with E-state index in [4.69, 9.17) is 4.74 Å². The van der Waals surface area contributed by atoms with E-state index in [9.17, 15) is 18.0 Å². The Bertz CT molecular complexity index is 1440. The number of nitrogens with zero attached hydrogens (tertiary/aromatic N) is 2. The van der Waals surface area contributed by atoms with Crippen LogP contribution in [0.4, 0.5) is 5.69 Å². The van der Waals surface area contributed by atoms with Crippen LogP contribution >= 0.6 is 11.3 Å². The fraction of sp³-hybridized carbons (Fsp3) is 0.125. The van der Waals surface area contributed by atoms with Gasteiger partial charge in [0.25, 0.3) is 10.0 Å². The van der Waals surface area contributed by atoms with Crippen molar-refractivity contribution in [3.05, 3.63) is 94.8 Å². The van der Waals surface area contributed by atoms with E-state index < -0.39 is 22.6 Å². The molecule has 4 rings (SSSR count). The number of benzene rings is 2. The molecule has 0 aliphatic carbocycles. The molecule has 0 aliphatic heterocycles. The lowest BCUT2D eigenvalue weighted by Gasteiger charge is -2.10. The third-order valence-corrected chi connectivity index (χ3v) is 7.23. The van der Waals surface area contributed by atoms with Crippen LogP contribution in [0.1, 0.15) is 32.1 Å². The van der Waals surface area contributed by atoms with Gasteiger partial charge in [0.05, 0.1) is 10.5 Å². The molecule has 34 heavy (non-hydrogen) atoms. The minimum absolute atomic E-state index is 0.101. The largest absolute Gasteiger partial charge is 0.454 e. The number of hydrogen-bond donors (Lipinski definition) is 1. The first-order valence-corrected chi connectivity index (χ1v) is 12.6. The van der Waals surface area contributed by atoms with Gasteiger partial charge in [-0.25, -0.2) is 18.2 Å². The van der Waals surface area contributed by atoms with E-state index in [1.807, 2.05) is 23.8 Å².